The van der Waals surface area contributed by atoms with Crippen molar-refractivity contribution in [1.82, 2.24) is 15.0 Å². The number of rotatable bonds is 4. The van der Waals surface area contributed by atoms with Gasteiger partial charge in [0.05, 0.1) is 0 Å². The van der Waals surface area contributed by atoms with E-state index in [4.69, 9.17) is 15.0 Å². The standard InChI is InChI=1S/C48H33N3/c1-48(2)43-27-34(25-26-39(43)42-28-40-37-19-11-9-17-35(37)36-18-10-12-20-38(36)41(40)29-44(42)48)30-21-23-33(24-22-30)47-50-45(31-13-5-3-6-14-31)49-46(51-47)32-15-7-4-8-16-32/h3-29H,1-2H3. The van der Waals surface area contributed by atoms with Gasteiger partial charge in [0.1, 0.15) is 0 Å². The molecule has 0 unspecified atom stereocenters. The van der Waals surface area contributed by atoms with Gasteiger partial charge >= 0.3 is 0 Å². The topological polar surface area (TPSA) is 38.7 Å². The summed E-state index contributed by atoms with van der Waals surface area (Å²) in [6.45, 7) is 4.74. The van der Waals surface area contributed by atoms with Gasteiger partial charge in [-0.3, -0.25) is 0 Å². The smallest absolute Gasteiger partial charge is 0.164 e. The van der Waals surface area contributed by atoms with Gasteiger partial charge in [-0.1, -0.05) is 159 Å². The normalized spacial score (nSPS) is 13.1. The highest BCUT2D eigenvalue weighted by molar-refractivity contribution is 6.26. The van der Waals surface area contributed by atoms with E-state index in [9.17, 15) is 0 Å². The van der Waals surface area contributed by atoms with Crippen LogP contribution in [0.5, 0.6) is 0 Å². The molecule has 0 atom stereocenters. The van der Waals surface area contributed by atoms with Crippen molar-refractivity contribution in [3.63, 3.8) is 0 Å². The van der Waals surface area contributed by atoms with Gasteiger partial charge < -0.3 is 0 Å². The second-order valence-corrected chi connectivity index (χ2v) is 14.0. The molecule has 3 nitrogen and oxygen atoms in total. The molecule has 1 aromatic heterocycles. The minimum Gasteiger partial charge on any atom is -0.208 e. The molecule has 8 aromatic carbocycles. The molecule has 51 heavy (non-hydrogen) atoms. The van der Waals surface area contributed by atoms with E-state index in [-0.39, 0.29) is 5.41 Å². The molecule has 0 radical (unpaired) electrons. The van der Waals surface area contributed by atoms with Crippen LogP contribution < -0.4 is 0 Å². The van der Waals surface area contributed by atoms with Crippen LogP contribution in [0.15, 0.2) is 164 Å². The number of nitrogens with zero attached hydrogens (tertiary/aromatic N) is 3. The van der Waals surface area contributed by atoms with E-state index in [1.807, 2.05) is 60.7 Å². The quantitative estimate of drug-likeness (QED) is 0.178. The van der Waals surface area contributed by atoms with Crippen LogP contribution in [0.2, 0.25) is 0 Å². The van der Waals surface area contributed by atoms with E-state index in [1.54, 1.807) is 0 Å². The summed E-state index contributed by atoms with van der Waals surface area (Å²) in [5.74, 6) is 1.99. The predicted molar refractivity (Wildman–Crippen MR) is 212 cm³/mol. The molecule has 0 saturated carbocycles. The Morgan fingerprint density at radius 3 is 1.24 bits per heavy atom. The van der Waals surface area contributed by atoms with Crippen LogP contribution in [0.25, 0.3) is 88.7 Å². The van der Waals surface area contributed by atoms with E-state index >= 15 is 0 Å². The molecule has 0 amide bonds. The molecule has 3 heteroatoms. The lowest BCUT2D eigenvalue weighted by molar-refractivity contribution is 0.661. The molecular weight excluding hydrogens is 619 g/mol. The van der Waals surface area contributed by atoms with Crippen molar-refractivity contribution in [3.8, 4) is 56.4 Å². The number of hydrogen-bond donors (Lipinski definition) is 0. The average molecular weight is 652 g/mol. The minimum atomic E-state index is -0.145. The molecule has 10 rings (SSSR count). The zero-order chi connectivity index (χ0) is 34.1. The summed E-state index contributed by atoms with van der Waals surface area (Å²) < 4.78 is 0. The third-order valence-corrected chi connectivity index (χ3v) is 10.7. The molecule has 1 aliphatic carbocycles. The highest BCUT2D eigenvalue weighted by atomic mass is 15.0. The molecule has 0 N–H and O–H groups in total. The van der Waals surface area contributed by atoms with Crippen molar-refractivity contribution in [2.45, 2.75) is 19.3 Å². The van der Waals surface area contributed by atoms with Gasteiger partial charge in [-0.25, -0.2) is 15.0 Å². The van der Waals surface area contributed by atoms with Crippen molar-refractivity contribution in [3.05, 3.63) is 175 Å². The molecule has 9 aromatic rings. The Morgan fingerprint density at radius 1 is 0.314 bits per heavy atom. The fourth-order valence-electron chi connectivity index (χ4n) is 8.06. The van der Waals surface area contributed by atoms with Gasteiger partial charge in [0, 0.05) is 22.1 Å². The van der Waals surface area contributed by atoms with E-state index in [1.165, 1.54) is 60.1 Å². The van der Waals surface area contributed by atoms with Crippen molar-refractivity contribution in [2.24, 2.45) is 0 Å². The Morgan fingerprint density at radius 2 is 0.706 bits per heavy atom. The molecule has 0 saturated heterocycles. The van der Waals surface area contributed by atoms with Gasteiger partial charge in [0.2, 0.25) is 0 Å². The first kappa shape index (κ1) is 29.5. The van der Waals surface area contributed by atoms with Crippen molar-refractivity contribution < 1.29 is 0 Å². The zero-order valence-corrected chi connectivity index (χ0v) is 28.4. The number of aromatic nitrogens is 3. The van der Waals surface area contributed by atoms with Crippen molar-refractivity contribution in [1.29, 1.82) is 0 Å². The number of benzene rings is 8. The molecule has 0 aliphatic heterocycles. The maximum atomic E-state index is 4.93. The Hall–Kier alpha value is -6.45. The zero-order valence-electron chi connectivity index (χ0n) is 28.4. The highest BCUT2D eigenvalue weighted by Gasteiger charge is 2.36. The van der Waals surface area contributed by atoms with E-state index in [2.05, 4.69) is 117 Å². The molecule has 1 heterocycles. The summed E-state index contributed by atoms with van der Waals surface area (Å²) in [6.07, 6.45) is 0. The summed E-state index contributed by atoms with van der Waals surface area (Å²) >= 11 is 0. The maximum Gasteiger partial charge on any atom is 0.164 e. The van der Waals surface area contributed by atoms with Crippen molar-refractivity contribution >= 4 is 32.3 Å². The number of fused-ring (bicyclic) bond motifs is 9. The summed E-state index contributed by atoms with van der Waals surface area (Å²) in [5, 5.41) is 7.87. The maximum absolute atomic E-state index is 4.93. The number of hydrogen-bond acceptors (Lipinski definition) is 3. The van der Waals surface area contributed by atoms with Gasteiger partial charge in [0.25, 0.3) is 0 Å². The molecule has 0 bridgehead atoms. The lowest BCUT2D eigenvalue weighted by Crippen LogP contribution is -2.15. The largest absolute Gasteiger partial charge is 0.208 e. The van der Waals surface area contributed by atoms with Crippen LogP contribution >= 0.6 is 0 Å². The molecule has 0 fully saturated rings. The second-order valence-electron chi connectivity index (χ2n) is 14.0. The monoisotopic (exact) mass is 651 g/mol. The van der Waals surface area contributed by atoms with Crippen LogP contribution in [0, 0.1) is 0 Å². The fourth-order valence-corrected chi connectivity index (χ4v) is 8.06. The first-order valence-electron chi connectivity index (χ1n) is 17.5. The average Bonchev–Trinajstić information content (AvgIpc) is 3.42. The Kier molecular flexibility index (Phi) is 6.53. The van der Waals surface area contributed by atoms with Crippen LogP contribution in [-0.2, 0) is 5.41 Å². The minimum absolute atomic E-state index is 0.145. The lowest BCUT2D eigenvalue weighted by atomic mass is 9.80. The lowest BCUT2D eigenvalue weighted by Gasteiger charge is -2.23. The van der Waals surface area contributed by atoms with E-state index in [0.717, 1.165) is 22.3 Å². The Balaban J connectivity index is 1.06. The molecule has 0 spiro atoms. The van der Waals surface area contributed by atoms with Gasteiger partial charge in [0.15, 0.2) is 17.5 Å². The Bertz CT molecular complexity index is 2740. The second kappa shape index (κ2) is 11.3. The van der Waals surface area contributed by atoms with Crippen LogP contribution in [-0.4, -0.2) is 15.0 Å². The van der Waals surface area contributed by atoms with E-state index < -0.39 is 0 Å². The fraction of sp³-hybridized carbons (Fsp3) is 0.0625. The summed E-state index contributed by atoms with van der Waals surface area (Å²) in [7, 11) is 0. The van der Waals surface area contributed by atoms with Gasteiger partial charge in [-0.05, 0) is 83.9 Å². The first-order valence-corrected chi connectivity index (χ1v) is 17.5. The predicted octanol–water partition coefficient (Wildman–Crippen LogP) is 12.3. The van der Waals surface area contributed by atoms with Crippen LogP contribution in [0.4, 0.5) is 0 Å². The SMILES string of the molecule is CC1(C)c2cc(-c3ccc(-c4nc(-c5ccccc5)nc(-c5ccccc5)n4)cc3)ccc2-c2cc3c4ccccc4c4ccccc4c3cc21. The third kappa shape index (κ3) is 4.69. The summed E-state index contributed by atoms with van der Waals surface area (Å²) in [6, 6.07) is 58.4. The molecule has 240 valence electrons. The third-order valence-electron chi connectivity index (χ3n) is 10.7. The Labute approximate surface area is 297 Å². The van der Waals surface area contributed by atoms with Gasteiger partial charge in [-0.2, -0.15) is 0 Å². The first-order chi connectivity index (χ1) is 25.0. The van der Waals surface area contributed by atoms with E-state index in [0.29, 0.717) is 17.5 Å². The van der Waals surface area contributed by atoms with Crippen LogP contribution in [0.3, 0.4) is 0 Å². The summed E-state index contributed by atoms with van der Waals surface area (Å²) in [5.41, 5.74) is 10.5. The van der Waals surface area contributed by atoms with Crippen LogP contribution in [0.1, 0.15) is 25.0 Å². The van der Waals surface area contributed by atoms with Crippen molar-refractivity contribution in [2.75, 3.05) is 0 Å². The van der Waals surface area contributed by atoms with Gasteiger partial charge in [-0.15, -0.1) is 0 Å². The molecular formula is C48H33N3. The summed E-state index contributed by atoms with van der Waals surface area (Å²) in [4.78, 5) is 14.7. The highest BCUT2D eigenvalue weighted by Crippen LogP contribution is 2.52. The molecule has 1 aliphatic rings.